The minimum absolute atomic E-state index is 0.146. The number of hydrogen-bond donors (Lipinski definition) is 2. The molecule has 7 heteroatoms. The number of H-pyrrole nitrogens is 1. The summed E-state index contributed by atoms with van der Waals surface area (Å²) >= 11 is 1.20. The highest BCUT2D eigenvalue weighted by Gasteiger charge is 2.20. The lowest BCUT2D eigenvalue weighted by atomic mass is 9.95. The van der Waals surface area contributed by atoms with E-state index in [9.17, 15) is 9.59 Å². The molecule has 2 N–H and O–H groups in total. The third-order valence-corrected chi connectivity index (χ3v) is 5.70. The quantitative estimate of drug-likeness (QED) is 0.610. The van der Waals surface area contributed by atoms with E-state index in [0.29, 0.717) is 39.1 Å². The smallest absolute Gasteiger partial charge is 0.348 e. The SMILES string of the molecule is C=CCOC(=O)c1sc2nc(CNC3CCCCC3)[nH]c(=O)c2c1C. The highest BCUT2D eigenvalue weighted by Crippen LogP contribution is 2.27. The third-order valence-electron chi connectivity index (χ3n) is 4.53. The lowest BCUT2D eigenvalue weighted by Crippen LogP contribution is -2.31. The molecule has 0 atom stereocenters. The van der Waals surface area contributed by atoms with E-state index < -0.39 is 5.97 Å². The average Bonchev–Trinajstić information content (AvgIpc) is 2.96. The van der Waals surface area contributed by atoms with Crippen molar-refractivity contribution in [1.82, 2.24) is 15.3 Å². The number of fused-ring (bicyclic) bond motifs is 1. The number of nitrogens with zero attached hydrogens (tertiary/aromatic N) is 1. The molecule has 0 saturated heterocycles. The Morgan fingerprint density at radius 1 is 1.44 bits per heavy atom. The molecule has 1 aliphatic carbocycles. The number of nitrogens with one attached hydrogen (secondary N) is 2. The maximum Gasteiger partial charge on any atom is 0.348 e. The second-order valence-electron chi connectivity index (χ2n) is 6.35. The van der Waals surface area contributed by atoms with Gasteiger partial charge < -0.3 is 15.0 Å². The Labute approximate surface area is 150 Å². The van der Waals surface area contributed by atoms with Gasteiger partial charge in [-0.1, -0.05) is 31.9 Å². The number of aromatic nitrogens is 2. The molecule has 134 valence electrons. The Hall–Kier alpha value is -1.99. The van der Waals surface area contributed by atoms with Gasteiger partial charge in [0, 0.05) is 6.04 Å². The molecule has 6 nitrogen and oxygen atoms in total. The van der Waals surface area contributed by atoms with Gasteiger partial charge in [0.2, 0.25) is 0 Å². The van der Waals surface area contributed by atoms with Crippen LogP contribution < -0.4 is 10.9 Å². The lowest BCUT2D eigenvalue weighted by molar-refractivity contribution is 0.0555. The molecule has 3 rings (SSSR count). The van der Waals surface area contributed by atoms with E-state index in [0.717, 1.165) is 0 Å². The van der Waals surface area contributed by atoms with Crippen molar-refractivity contribution in [2.24, 2.45) is 0 Å². The van der Waals surface area contributed by atoms with Gasteiger partial charge in [0.25, 0.3) is 5.56 Å². The molecule has 0 radical (unpaired) electrons. The predicted molar refractivity (Wildman–Crippen MR) is 99.2 cm³/mol. The maximum absolute atomic E-state index is 12.4. The van der Waals surface area contributed by atoms with Crippen LogP contribution in [-0.2, 0) is 11.3 Å². The number of hydrogen-bond acceptors (Lipinski definition) is 6. The molecule has 2 heterocycles. The van der Waals surface area contributed by atoms with Gasteiger partial charge in [-0.15, -0.1) is 11.3 Å². The van der Waals surface area contributed by atoms with E-state index in [1.54, 1.807) is 6.92 Å². The average molecular weight is 361 g/mol. The Balaban J connectivity index is 1.81. The Bertz CT molecular complexity index is 834. The van der Waals surface area contributed by atoms with Crippen molar-refractivity contribution in [3.63, 3.8) is 0 Å². The van der Waals surface area contributed by atoms with Crippen LogP contribution in [0.1, 0.15) is 53.2 Å². The second-order valence-corrected chi connectivity index (χ2v) is 7.35. The van der Waals surface area contributed by atoms with Gasteiger partial charge in [0.1, 0.15) is 22.1 Å². The number of carbonyl (C=O) groups excluding carboxylic acids is 1. The van der Waals surface area contributed by atoms with Crippen LogP contribution in [0.4, 0.5) is 0 Å². The van der Waals surface area contributed by atoms with Crippen LogP contribution >= 0.6 is 11.3 Å². The van der Waals surface area contributed by atoms with Gasteiger partial charge >= 0.3 is 5.97 Å². The number of aromatic amines is 1. The molecule has 2 aromatic rings. The summed E-state index contributed by atoms with van der Waals surface area (Å²) in [5.74, 6) is 0.164. The molecule has 25 heavy (non-hydrogen) atoms. The fourth-order valence-corrected chi connectivity index (χ4v) is 4.31. The fourth-order valence-electron chi connectivity index (χ4n) is 3.21. The molecule has 1 aliphatic rings. The van der Waals surface area contributed by atoms with Crippen molar-refractivity contribution in [3.05, 3.63) is 39.3 Å². The first-order valence-electron chi connectivity index (χ1n) is 8.64. The van der Waals surface area contributed by atoms with Gasteiger partial charge in [0.05, 0.1) is 11.9 Å². The summed E-state index contributed by atoms with van der Waals surface area (Å²) in [5.41, 5.74) is 0.413. The molecule has 0 unspecified atom stereocenters. The van der Waals surface area contributed by atoms with Gasteiger partial charge in [0.15, 0.2) is 0 Å². The molecule has 0 spiro atoms. The molecule has 0 amide bonds. The third kappa shape index (κ3) is 3.99. The zero-order chi connectivity index (χ0) is 17.8. The number of thiophene rings is 1. The zero-order valence-electron chi connectivity index (χ0n) is 14.4. The molecule has 2 aromatic heterocycles. The molecule has 1 saturated carbocycles. The van der Waals surface area contributed by atoms with Crippen LogP contribution in [-0.4, -0.2) is 28.6 Å². The first-order valence-corrected chi connectivity index (χ1v) is 9.45. The van der Waals surface area contributed by atoms with E-state index in [1.807, 2.05) is 0 Å². The molecular formula is C18H23N3O3S. The zero-order valence-corrected chi connectivity index (χ0v) is 15.2. The van der Waals surface area contributed by atoms with E-state index >= 15 is 0 Å². The minimum Gasteiger partial charge on any atom is -0.457 e. The number of ether oxygens (including phenoxy) is 1. The Morgan fingerprint density at radius 3 is 2.92 bits per heavy atom. The fraction of sp³-hybridized carbons (Fsp3) is 0.500. The van der Waals surface area contributed by atoms with Crippen LogP contribution in [0, 0.1) is 6.92 Å². The van der Waals surface area contributed by atoms with Crippen LogP contribution in [0.15, 0.2) is 17.4 Å². The van der Waals surface area contributed by atoms with Crippen LogP contribution in [0.5, 0.6) is 0 Å². The number of aryl methyl sites for hydroxylation is 1. The van der Waals surface area contributed by atoms with E-state index in [-0.39, 0.29) is 12.2 Å². The van der Waals surface area contributed by atoms with Crippen molar-refractivity contribution in [2.75, 3.05) is 6.61 Å². The monoisotopic (exact) mass is 361 g/mol. The highest BCUT2D eigenvalue weighted by atomic mass is 32.1. The van der Waals surface area contributed by atoms with Gasteiger partial charge in [-0.3, -0.25) is 4.79 Å². The van der Waals surface area contributed by atoms with E-state index in [4.69, 9.17) is 4.74 Å². The first kappa shape index (κ1) is 17.8. The summed E-state index contributed by atoms with van der Waals surface area (Å²) in [5, 5.41) is 3.94. The summed E-state index contributed by atoms with van der Waals surface area (Å²) < 4.78 is 5.09. The lowest BCUT2D eigenvalue weighted by Gasteiger charge is -2.22. The highest BCUT2D eigenvalue weighted by molar-refractivity contribution is 7.20. The molecule has 0 aliphatic heterocycles. The largest absolute Gasteiger partial charge is 0.457 e. The van der Waals surface area contributed by atoms with E-state index in [2.05, 4.69) is 21.9 Å². The molecule has 0 aromatic carbocycles. The van der Waals surface area contributed by atoms with Crippen molar-refractivity contribution < 1.29 is 9.53 Å². The number of esters is 1. The van der Waals surface area contributed by atoms with Crippen molar-refractivity contribution >= 4 is 27.5 Å². The van der Waals surface area contributed by atoms with Gasteiger partial charge in [-0.05, 0) is 25.3 Å². The molecular weight excluding hydrogens is 338 g/mol. The molecule has 0 bridgehead atoms. The van der Waals surface area contributed by atoms with Crippen LogP contribution in [0.3, 0.4) is 0 Å². The summed E-state index contributed by atoms with van der Waals surface area (Å²) in [7, 11) is 0. The minimum atomic E-state index is -0.443. The van der Waals surface area contributed by atoms with Gasteiger partial charge in [-0.25, -0.2) is 9.78 Å². The van der Waals surface area contributed by atoms with E-state index in [1.165, 1.54) is 49.5 Å². The first-order chi connectivity index (χ1) is 12.1. The van der Waals surface area contributed by atoms with Crippen molar-refractivity contribution in [2.45, 2.75) is 51.6 Å². The van der Waals surface area contributed by atoms with Gasteiger partial charge in [-0.2, -0.15) is 0 Å². The van der Waals surface area contributed by atoms with Crippen molar-refractivity contribution in [1.29, 1.82) is 0 Å². The van der Waals surface area contributed by atoms with Crippen LogP contribution in [0.25, 0.3) is 10.2 Å². The standard InChI is InChI=1S/C18H23N3O3S/c1-3-9-24-18(23)15-11(2)14-16(22)20-13(21-17(14)25-15)10-19-12-7-5-4-6-8-12/h3,12,19H,1,4-10H2,2H3,(H,20,21,22). The summed E-state index contributed by atoms with van der Waals surface area (Å²) in [6.07, 6.45) is 7.66. The molecule has 1 fully saturated rings. The summed E-state index contributed by atoms with van der Waals surface area (Å²) in [4.78, 5) is 32.9. The second kappa shape index (κ2) is 7.93. The number of carbonyl (C=O) groups is 1. The predicted octanol–water partition coefficient (Wildman–Crippen LogP) is 3.06. The summed E-state index contributed by atoms with van der Waals surface area (Å²) in [6, 6.07) is 0.490. The topological polar surface area (TPSA) is 84.1 Å². The van der Waals surface area contributed by atoms with Crippen LogP contribution in [0.2, 0.25) is 0 Å². The number of rotatable bonds is 6. The normalized spacial score (nSPS) is 15.4. The Kier molecular flexibility index (Phi) is 5.65. The Morgan fingerprint density at radius 2 is 2.20 bits per heavy atom. The maximum atomic E-state index is 12.4. The summed E-state index contributed by atoms with van der Waals surface area (Å²) in [6.45, 7) is 5.95. The van der Waals surface area contributed by atoms with Crippen molar-refractivity contribution in [3.8, 4) is 0 Å².